The van der Waals surface area contributed by atoms with Gasteiger partial charge >= 0.3 is 0 Å². The standard InChI is InChI=1S/C35H46F3N5O2S/c36-28-10-11-30(37)29(18-28)32-23-42(21-25-8-4-3-5-9-25)35(41-32)34(26-12-15-45-16-13-26)43(22-27-19-40-20-31(27)38)33(44)24-46-17-7-2-1-6-14-39/h3-5,8-11,18,23,26-27,31,34,40H,1-2,6-7,12-17,19-22,24,39H2/t27-,31?,34?/m0/s1. The van der Waals surface area contributed by atoms with Crippen molar-refractivity contribution in [1.29, 1.82) is 0 Å². The van der Waals surface area contributed by atoms with Gasteiger partial charge in [0.05, 0.1) is 17.5 Å². The van der Waals surface area contributed by atoms with Gasteiger partial charge in [-0.25, -0.2) is 18.2 Å². The molecule has 5 rings (SSSR count). The summed E-state index contributed by atoms with van der Waals surface area (Å²) in [5, 5.41) is 3.14. The minimum atomic E-state index is -1.07. The SMILES string of the molecule is NCCCCCCSCC(=O)N(C[C@@H]1CNCC1F)C(c1nc(-c2cc(F)ccc2F)cn1Cc1ccccc1)C1CCOCC1. The van der Waals surface area contributed by atoms with Gasteiger partial charge in [0.2, 0.25) is 5.91 Å². The summed E-state index contributed by atoms with van der Waals surface area (Å²) in [6.45, 7) is 3.19. The summed E-state index contributed by atoms with van der Waals surface area (Å²) in [6.07, 6.45) is 6.24. The Hall–Kier alpha value is -2.86. The number of alkyl halides is 1. The van der Waals surface area contributed by atoms with Crippen molar-refractivity contribution in [3.05, 3.63) is 77.8 Å². The van der Waals surface area contributed by atoms with Gasteiger partial charge in [0.1, 0.15) is 23.6 Å². The number of rotatable bonds is 16. The Labute approximate surface area is 274 Å². The Morgan fingerprint density at radius 1 is 1.09 bits per heavy atom. The number of nitrogens with two attached hydrogens (primary N) is 1. The van der Waals surface area contributed by atoms with Crippen LogP contribution >= 0.6 is 11.8 Å². The number of ether oxygens (including phenoxy) is 1. The lowest BCUT2D eigenvalue weighted by molar-refractivity contribution is -0.134. The molecule has 3 atom stereocenters. The monoisotopic (exact) mass is 657 g/mol. The number of thioether (sulfide) groups is 1. The Morgan fingerprint density at radius 3 is 2.61 bits per heavy atom. The van der Waals surface area contributed by atoms with Gasteiger partial charge in [-0.2, -0.15) is 11.8 Å². The molecule has 3 heterocycles. The minimum absolute atomic E-state index is 0.00600. The first-order valence-corrected chi connectivity index (χ1v) is 17.7. The summed E-state index contributed by atoms with van der Waals surface area (Å²) < 4.78 is 52.2. The smallest absolute Gasteiger partial charge is 0.233 e. The molecule has 2 aliphatic heterocycles. The molecule has 0 radical (unpaired) electrons. The van der Waals surface area contributed by atoms with E-state index >= 15 is 8.78 Å². The molecule has 0 saturated carbocycles. The summed E-state index contributed by atoms with van der Waals surface area (Å²) in [5.74, 6) is 0.168. The molecular weight excluding hydrogens is 611 g/mol. The van der Waals surface area contributed by atoms with Gasteiger partial charge in [-0.1, -0.05) is 43.2 Å². The molecule has 7 nitrogen and oxygen atoms in total. The molecule has 2 aromatic carbocycles. The first-order chi connectivity index (χ1) is 22.4. The highest BCUT2D eigenvalue weighted by Gasteiger charge is 2.40. The number of benzene rings is 2. The molecule has 3 N–H and O–H groups in total. The molecule has 1 amide bonds. The van der Waals surface area contributed by atoms with Crippen LogP contribution in [0.4, 0.5) is 13.2 Å². The molecule has 46 heavy (non-hydrogen) atoms. The minimum Gasteiger partial charge on any atom is -0.381 e. The molecular formula is C35H46F3N5O2S. The average molecular weight is 658 g/mol. The maximum atomic E-state index is 15.1. The number of nitrogens with one attached hydrogen (secondary N) is 1. The largest absolute Gasteiger partial charge is 0.381 e. The molecule has 2 fully saturated rings. The van der Waals surface area contributed by atoms with E-state index in [1.807, 2.05) is 39.8 Å². The lowest BCUT2D eigenvalue weighted by Gasteiger charge is -2.40. The van der Waals surface area contributed by atoms with Gasteiger partial charge in [0.25, 0.3) is 0 Å². The van der Waals surface area contributed by atoms with Crippen molar-refractivity contribution in [3.8, 4) is 11.3 Å². The van der Waals surface area contributed by atoms with Crippen molar-refractivity contribution in [2.24, 2.45) is 17.6 Å². The Kier molecular flexibility index (Phi) is 13.0. The van der Waals surface area contributed by atoms with E-state index in [4.69, 9.17) is 15.5 Å². The number of imidazole rings is 1. The molecule has 0 spiro atoms. The van der Waals surface area contributed by atoms with Gasteiger partial charge in [-0.05, 0) is 67.7 Å². The highest BCUT2D eigenvalue weighted by Crippen LogP contribution is 2.38. The topological polar surface area (TPSA) is 85.4 Å². The maximum absolute atomic E-state index is 15.1. The number of unbranched alkanes of at least 4 members (excludes halogenated alkanes) is 3. The van der Waals surface area contributed by atoms with Crippen LogP contribution in [0.3, 0.4) is 0 Å². The number of carbonyl (C=O) groups is 1. The number of hydrogen-bond donors (Lipinski definition) is 2. The molecule has 2 aliphatic rings. The van der Waals surface area contributed by atoms with E-state index in [2.05, 4.69) is 5.32 Å². The molecule has 11 heteroatoms. The van der Waals surface area contributed by atoms with Crippen LogP contribution in [-0.4, -0.2) is 77.4 Å². The molecule has 2 saturated heterocycles. The fourth-order valence-electron chi connectivity index (χ4n) is 6.48. The summed E-state index contributed by atoms with van der Waals surface area (Å²) in [6, 6.07) is 12.7. The zero-order valence-electron chi connectivity index (χ0n) is 26.4. The second kappa shape index (κ2) is 17.3. The van der Waals surface area contributed by atoms with Crippen molar-refractivity contribution < 1.29 is 22.7 Å². The van der Waals surface area contributed by atoms with Crippen LogP contribution in [0.15, 0.2) is 54.7 Å². The second-order valence-corrected chi connectivity index (χ2v) is 13.5. The molecule has 1 aromatic heterocycles. The molecule has 3 aromatic rings. The van der Waals surface area contributed by atoms with E-state index < -0.39 is 23.8 Å². The Balaban J connectivity index is 1.53. The first kappa shape index (κ1) is 34.5. The van der Waals surface area contributed by atoms with Crippen LogP contribution in [-0.2, 0) is 16.1 Å². The molecule has 2 unspecified atom stereocenters. The number of nitrogens with zero attached hydrogens (tertiary/aromatic N) is 3. The Morgan fingerprint density at radius 2 is 1.87 bits per heavy atom. The summed E-state index contributed by atoms with van der Waals surface area (Å²) in [7, 11) is 0. The third-order valence-corrected chi connectivity index (χ3v) is 10.0. The maximum Gasteiger partial charge on any atom is 0.233 e. The van der Waals surface area contributed by atoms with E-state index in [0.29, 0.717) is 57.2 Å². The van der Waals surface area contributed by atoms with Crippen molar-refractivity contribution >= 4 is 17.7 Å². The fraction of sp³-hybridized carbons (Fsp3) is 0.543. The predicted molar refractivity (Wildman–Crippen MR) is 177 cm³/mol. The lowest BCUT2D eigenvalue weighted by atomic mass is 9.88. The predicted octanol–water partition coefficient (Wildman–Crippen LogP) is 5.98. The van der Waals surface area contributed by atoms with E-state index in [9.17, 15) is 9.18 Å². The van der Waals surface area contributed by atoms with E-state index in [0.717, 1.165) is 55.2 Å². The number of aromatic nitrogens is 2. The third-order valence-electron chi connectivity index (χ3n) is 9.00. The number of halogens is 3. The second-order valence-electron chi connectivity index (χ2n) is 12.4. The highest BCUT2D eigenvalue weighted by molar-refractivity contribution is 7.99. The van der Waals surface area contributed by atoms with Gasteiger partial charge in [-0.3, -0.25) is 4.79 Å². The van der Waals surface area contributed by atoms with E-state index in [-0.39, 0.29) is 42.1 Å². The van der Waals surface area contributed by atoms with Crippen molar-refractivity contribution in [1.82, 2.24) is 19.8 Å². The van der Waals surface area contributed by atoms with Gasteiger partial charge in [0.15, 0.2) is 0 Å². The van der Waals surface area contributed by atoms with Gasteiger partial charge in [-0.15, -0.1) is 0 Å². The number of hydrogen-bond acceptors (Lipinski definition) is 6. The van der Waals surface area contributed by atoms with Crippen LogP contribution in [0.2, 0.25) is 0 Å². The average Bonchev–Trinajstić information content (AvgIpc) is 3.67. The lowest BCUT2D eigenvalue weighted by Crippen LogP contribution is -2.46. The normalized spacial score (nSPS) is 19.4. The van der Waals surface area contributed by atoms with Crippen LogP contribution in [0.25, 0.3) is 11.3 Å². The van der Waals surface area contributed by atoms with E-state index in [1.54, 1.807) is 18.0 Å². The fourth-order valence-corrected chi connectivity index (χ4v) is 7.37. The summed E-state index contributed by atoms with van der Waals surface area (Å²) in [4.78, 5) is 21.1. The van der Waals surface area contributed by atoms with Gasteiger partial charge < -0.3 is 25.3 Å². The van der Waals surface area contributed by atoms with Crippen molar-refractivity contribution in [3.63, 3.8) is 0 Å². The highest BCUT2D eigenvalue weighted by atomic mass is 32.2. The van der Waals surface area contributed by atoms with Crippen LogP contribution in [0.1, 0.15) is 56.0 Å². The van der Waals surface area contributed by atoms with Crippen LogP contribution in [0.5, 0.6) is 0 Å². The number of carbonyl (C=O) groups excluding carboxylic acids is 1. The Bertz CT molecular complexity index is 1390. The van der Waals surface area contributed by atoms with Crippen LogP contribution < -0.4 is 11.1 Å². The van der Waals surface area contributed by atoms with E-state index in [1.165, 1.54) is 0 Å². The number of amides is 1. The van der Waals surface area contributed by atoms with Crippen molar-refractivity contribution in [2.45, 2.75) is 57.3 Å². The molecule has 0 aliphatic carbocycles. The van der Waals surface area contributed by atoms with Crippen LogP contribution in [0, 0.1) is 23.5 Å². The quantitative estimate of drug-likeness (QED) is 0.185. The van der Waals surface area contributed by atoms with Gasteiger partial charge in [0, 0.05) is 57.1 Å². The summed E-state index contributed by atoms with van der Waals surface area (Å²) >= 11 is 1.60. The van der Waals surface area contributed by atoms with Crippen molar-refractivity contribution in [2.75, 3.05) is 50.9 Å². The third kappa shape index (κ3) is 9.14. The molecule has 0 bridgehead atoms. The zero-order chi connectivity index (χ0) is 32.3. The summed E-state index contributed by atoms with van der Waals surface area (Å²) in [5.41, 5.74) is 6.98. The zero-order valence-corrected chi connectivity index (χ0v) is 27.2. The molecule has 250 valence electrons. The first-order valence-electron chi connectivity index (χ1n) is 16.5.